The second-order valence-corrected chi connectivity index (χ2v) is 12.0. The molecule has 2 aliphatic heterocycles. The Hall–Kier alpha value is -2.54. The van der Waals surface area contributed by atoms with Gasteiger partial charge in [0.25, 0.3) is 0 Å². The summed E-state index contributed by atoms with van der Waals surface area (Å²) < 4.78 is 77.8. The van der Waals surface area contributed by atoms with Gasteiger partial charge in [0.1, 0.15) is 13.2 Å². The van der Waals surface area contributed by atoms with Crippen LogP contribution in [0.2, 0.25) is 0 Å². The molecule has 0 saturated carbocycles. The second kappa shape index (κ2) is 9.25. The van der Waals surface area contributed by atoms with E-state index < -0.39 is 32.1 Å². The number of piperazine rings is 1. The molecule has 12 heteroatoms. The molecule has 0 unspecified atom stereocenters. The normalized spacial score (nSPS) is 21.8. The van der Waals surface area contributed by atoms with E-state index in [0.717, 1.165) is 0 Å². The van der Waals surface area contributed by atoms with Crippen LogP contribution in [0.15, 0.2) is 46.2 Å². The lowest BCUT2D eigenvalue weighted by Crippen LogP contribution is -2.59. The van der Waals surface area contributed by atoms with Crippen molar-refractivity contribution in [1.29, 1.82) is 0 Å². The number of hydrogen-bond donors (Lipinski definition) is 0. The van der Waals surface area contributed by atoms with Gasteiger partial charge in [0.05, 0.1) is 24.0 Å². The van der Waals surface area contributed by atoms with Crippen molar-refractivity contribution in [3.63, 3.8) is 0 Å². The highest BCUT2D eigenvalue weighted by Crippen LogP contribution is 2.36. The van der Waals surface area contributed by atoms with Crippen molar-refractivity contribution in [3.05, 3.63) is 36.4 Å². The van der Waals surface area contributed by atoms with E-state index in [-0.39, 0.29) is 22.9 Å². The van der Waals surface area contributed by atoms with Gasteiger partial charge in [-0.3, -0.25) is 0 Å². The third-order valence-electron chi connectivity index (χ3n) is 5.95. The Morgan fingerprint density at radius 2 is 1.24 bits per heavy atom. The molecule has 2 aromatic rings. The van der Waals surface area contributed by atoms with Crippen LogP contribution in [0.4, 0.5) is 0 Å². The third-order valence-corrected chi connectivity index (χ3v) is 9.91. The van der Waals surface area contributed by atoms with Crippen molar-refractivity contribution in [2.75, 3.05) is 40.5 Å². The Morgan fingerprint density at radius 1 is 0.735 bits per heavy atom. The maximum atomic E-state index is 13.4. The van der Waals surface area contributed by atoms with Gasteiger partial charge >= 0.3 is 0 Å². The Kier molecular flexibility index (Phi) is 6.69. The SMILES string of the molecule is COc1ccc(S(=O)(=O)N2C[C@H](C)N(S(=O)(=O)c3ccc4c(c3)OCCO4)C[C@@H]2C)cc1OC. The van der Waals surface area contributed by atoms with Crippen LogP contribution in [0.3, 0.4) is 0 Å². The van der Waals surface area contributed by atoms with Gasteiger partial charge in [-0.2, -0.15) is 8.61 Å². The molecule has 0 aromatic heterocycles. The number of sulfonamides is 2. The number of hydrogen-bond acceptors (Lipinski definition) is 8. The first-order valence-corrected chi connectivity index (χ1v) is 13.6. The number of benzene rings is 2. The molecule has 2 heterocycles. The summed E-state index contributed by atoms with van der Waals surface area (Å²) in [6, 6.07) is 7.71. The standard InChI is InChI=1S/C22H28N2O8S2/c1-15-14-24(34(27,28)18-6-8-20-22(12-18)32-10-9-31-20)16(2)13-23(15)33(25,26)17-5-7-19(29-3)21(11-17)30-4/h5-8,11-12,15-16H,9-10,13-14H2,1-4H3/t15-,16-/m0/s1. The average Bonchev–Trinajstić information content (AvgIpc) is 2.84. The monoisotopic (exact) mass is 512 g/mol. The minimum absolute atomic E-state index is 0.00161. The van der Waals surface area contributed by atoms with Crippen molar-refractivity contribution in [3.8, 4) is 23.0 Å². The molecule has 34 heavy (non-hydrogen) atoms. The molecule has 1 fully saturated rings. The zero-order chi connectivity index (χ0) is 24.7. The van der Waals surface area contributed by atoms with E-state index >= 15 is 0 Å². The van der Waals surface area contributed by atoms with Gasteiger partial charge in [-0.05, 0) is 38.1 Å². The second-order valence-electron chi connectivity index (χ2n) is 8.17. The fourth-order valence-electron chi connectivity index (χ4n) is 4.16. The van der Waals surface area contributed by atoms with Crippen LogP contribution >= 0.6 is 0 Å². The van der Waals surface area contributed by atoms with Crippen LogP contribution < -0.4 is 18.9 Å². The Bertz CT molecular complexity index is 1200. The highest BCUT2D eigenvalue weighted by atomic mass is 32.2. The summed E-state index contributed by atoms with van der Waals surface area (Å²) in [5.74, 6) is 1.59. The molecule has 1 saturated heterocycles. The number of nitrogens with zero attached hydrogens (tertiary/aromatic N) is 2. The first kappa shape index (κ1) is 24.6. The van der Waals surface area contributed by atoms with E-state index in [1.165, 1.54) is 53.2 Å². The molecular formula is C22H28N2O8S2. The molecule has 0 aliphatic carbocycles. The maximum absolute atomic E-state index is 13.4. The van der Waals surface area contributed by atoms with Crippen molar-refractivity contribution in [2.45, 2.75) is 35.7 Å². The van der Waals surface area contributed by atoms with Crippen molar-refractivity contribution in [2.24, 2.45) is 0 Å². The minimum Gasteiger partial charge on any atom is -0.493 e. The molecule has 4 rings (SSSR count). The van der Waals surface area contributed by atoms with Crippen LogP contribution in [-0.2, 0) is 20.0 Å². The Labute approximate surface area is 200 Å². The van der Waals surface area contributed by atoms with Gasteiger partial charge in [-0.1, -0.05) is 0 Å². The quantitative estimate of drug-likeness (QED) is 0.577. The zero-order valence-corrected chi connectivity index (χ0v) is 21.1. The molecule has 2 atom stereocenters. The van der Waals surface area contributed by atoms with Crippen LogP contribution in [0, 0.1) is 0 Å². The van der Waals surface area contributed by atoms with E-state index in [2.05, 4.69) is 0 Å². The molecule has 2 aromatic carbocycles. The Morgan fingerprint density at radius 3 is 1.79 bits per heavy atom. The number of fused-ring (bicyclic) bond motifs is 1. The number of ether oxygens (including phenoxy) is 4. The van der Waals surface area contributed by atoms with Gasteiger partial charge in [-0.15, -0.1) is 0 Å². The first-order valence-electron chi connectivity index (χ1n) is 10.7. The molecule has 0 spiro atoms. The molecule has 10 nitrogen and oxygen atoms in total. The molecule has 0 bridgehead atoms. The fraction of sp³-hybridized carbons (Fsp3) is 0.455. The molecule has 186 valence electrons. The molecule has 0 N–H and O–H groups in total. The van der Waals surface area contributed by atoms with E-state index in [4.69, 9.17) is 18.9 Å². The van der Waals surface area contributed by atoms with Gasteiger partial charge in [0, 0.05) is 37.3 Å². The van der Waals surface area contributed by atoms with Gasteiger partial charge in [0.15, 0.2) is 23.0 Å². The van der Waals surface area contributed by atoms with Crippen molar-refractivity contribution in [1.82, 2.24) is 8.61 Å². The van der Waals surface area contributed by atoms with Crippen LogP contribution in [0.25, 0.3) is 0 Å². The summed E-state index contributed by atoms with van der Waals surface area (Å²) in [4.78, 5) is 0.124. The number of methoxy groups -OCH3 is 2. The molecule has 2 aliphatic rings. The van der Waals surface area contributed by atoms with Crippen LogP contribution in [0.5, 0.6) is 23.0 Å². The van der Waals surface area contributed by atoms with E-state index in [9.17, 15) is 16.8 Å². The summed E-state index contributed by atoms with van der Waals surface area (Å²) >= 11 is 0. The Balaban J connectivity index is 1.60. The van der Waals surface area contributed by atoms with E-state index in [0.29, 0.717) is 36.2 Å². The maximum Gasteiger partial charge on any atom is 0.243 e. The van der Waals surface area contributed by atoms with Crippen LogP contribution in [0.1, 0.15) is 13.8 Å². The van der Waals surface area contributed by atoms with Crippen molar-refractivity contribution >= 4 is 20.0 Å². The lowest BCUT2D eigenvalue weighted by Gasteiger charge is -2.42. The predicted octanol–water partition coefficient (Wildman–Crippen LogP) is 1.95. The molecule has 0 amide bonds. The third kappa shape index (κ3) is 4.30. The molecule has 0 radical (unpaired) electrons. The average molecular weight is 513 g/mol. The zero-order valence-electron chi connectivity index (χ0n) is 19.4. The highest BCUT2D eigenvalue weighted by molar-refractivity contribution is 7.89. The summed E-state index contributed by atoms with van der Waals surface area (Å²) in [5, 5.41) is 0. The van der Waals surface area contributed by atoms with E-state index in [1.807, 2.05) is 0 Å². The fourth-order valence-corrected chi connectivity index (χ4v) is 7.60. The van der Waals surface area contributed by atoms with E-state index in [1.54, 1.807) is 19.9 Å². The van der Waals surface area contributed by atoms with Crippen molar-refractivity contribution < 1.29 is 35.8 Å². The largest absolute Gasteiger partial charge is 0.493 e. The van der Waals surface area contributed by atoms with Gasteiger partial charge < -0.3 is 18.9 Å². The minimum atomic E-state index is -3.91. The smallest absolute Gasteiger partial charge is 0.243 e. The lowest BCUT2D eigenvalue weighted by molar-refractivity contribution is 0.163. The summed E-state index contributed by atoms with van der Waals surface area (Å²) in [6.07, 6.45) is 0. The summed E-state index contributed by atoms with van der Waals surface area (Å²) in [5.41, 5.74) is 0. The molecular weight excluding hydrogens is 484 g/mol. The van der Waals surface area contributed by atoms with Crippen LogP contribution in [-0.4, -0.2) is 78.1 Å². The summed E-state index contributed by atoms with van der Waals surface area (Å²) in [7, 11) is -4.90. The lowest BCUT2D eigenvalue weighted by atomic mass is 10.2. The van der Waals surface area contributed by atoms with Gasteiger partial charge in [0.2, 0.25) is 20.0 Å². The van der Waals surface area contributed by atoms with Gasteiger partial charge in [-0.25, -0.2) is 16.8 Å². The summed E-state index contributed by atoms with van der Waals surface area (Å²) in [6.45, 7) is 4.14. The number of rotatable bonds is 6. The predicted molar refractivity (Wildman–Crippen MR) is 124 cm³/mol. The first-order chi connectivity index (χ1) is 16.1. The highest BCUT2D eigenvalue weighted by Gasteiger charge is 2.42. The topological polar surface area (TPSA) is 112 Å².